The standard InChI is InChI=1S/C22H18F3IN4O2.C21H17F3IN5O2.C20H21F3IN3O2.C16H12F3IN2O2/c23-15-6-5-14(20(19(15)25)29-17-7-4-13(26)9-16(17)24)21(31)30-11-22(32,12-30)10-28-18-3-1-2-8-27-18;22-14-4-3-13(18(17(14)24)29-16-5-2-12(25)8-15(16)23)19(31)30-10-21(32,11-30)9-28-20-26-6-1-7-27-20;1-11(26(2)3)20(29)9-27(10-20)19(28)13-5-6-14(21)17(23)18(13)25-16-7-4-12(24)8-15(16)22;17-11-3-2-10(16(24)22-6-9(23)7-22)15(14(11)19)21-13-4-1-8(20)5-12(13)18/h1-9,29,32H,10-12H2,(H,27,28);1-8,29,32H,9-11H2,(H,26,27,28);4-8,11,25,29H,9-10H2,1-3H3;1-5,9,21,23H,6-7H2. The smallest absolute Gasteiger partial charge is 0.256 e. The molecular weight excluding hydrogens is 2010 g/mol. The van der Waals surface area contributed by atoms with Crippen molar-refractivity contribution in [3.63, 3.8) is 0 Å². The van der Waals surface area contributed by atoms with Gasteiger partial charge in [0, 0.05) is 58.5 Å². The van der Waals surface area contributed by atoms with Gasteiger partial charge in [0.1, 0.15) is 45.9 Å². The zero-order chi connectivity index (χ0) is 84.7. The van der Waals surface area contributed by atoms with E-state index in [1.54, 1.807) is 67.1 Å². The SMILES string of the molecule is CC(N(C)C)C1(O)CN(C(=O)c2ccc(F)c(F)c2Nc2ccc(I)cc2F)C1.O=C(c1ccc(F)c(F)c1Nc1ccc(I)cc1F)N1CC(O)(CNc2ccccn2)C1.O=C(c1ccc(F)c(F)c1Nc1ccc(I)cc1F)N1CC(O)(CNc2ncccn2)C1.O=C(c1ccc(F)c(F)c1Nc1ccc(I)cc1F)N1CC(O)C1. The summed E-state index contributed by atoms with van der Waals surface area (Å²) in [7, 11) is 3.64. The Bertz CT molecular complexity index is 5190. The normalized spacial score (nSPS) is 15.0. The number of halogens is 16. The van der Waals surface area contributed by atoms with Gasteiger partial charge in [-0.3, -0.25) is 19.2 Å². The number of carbonyl (C=O) groups excluding carboxylic acids is 4. The Morgan fingerprint density at radius 2 is 0.726 bits per heavy atom. The van der Waals surface area contributed by atoms with Gasteiger partial charge in [-0.25, -0.2) is 67.6 Å². The number of rotatable bonds is 20. The number of likely N-dealkylation sites (N-methyl/N-ethyl adjacent to an activating group) is 1. The Hall–Kier alpha value is -9.45. The lowest BCUT2D eigenvalue weighted by atomic mass is 9.85. The molecule has 10 aromatic rings. The van der Waals surface area contributed by atoms with Gasteiger partial charge in [0.05, 0.1) is 120 Å². The molecule has 0 spiro atoms. The minimum atomic E-state index is -1.30. The van der Waals surface area contributed by atoms with Gasteiger partial charge in [0.15, 0.2) is 46.5 Å². The van der Waals surface area contributed by atoms with Crippen molar-refractivity contribution >= 4 is 171 Å². The quantitative estimate of drug-likeness (QED) is 0.0251. The zero-order valence-corrected chi connectivity index (χ0v) is 70.0. The highest BCUT2D eigenvalue weighted by Crippen LogP contribution is 2.38. The Morgan fingerprint density at radius 1 is 0.419 bits per heavy atom. The Morgan fingerprint density at radius 3 is 1.03 bits per heavy atom. The van der Waals surface area contributed by atoms with Crippen LogP contribution < -0.4 is 31.9 Å². The number of hydrogen-bond acceptors (Lipinski definition) is 18. The van der Waals surface area contributed by atoms with Crippen molar-refractivity contribution in [2.75, 3.05) is 111 Å². The van der Waals surface area contributed by atoms with Gasteiger partial charge in [-0.1, -0.05) is 6.07 Å². The summed E-state index contributed by atoms with van der Waals surface area (Å²) in [4.78, 5) is 70.4. The summed E-state index contributed by atoms with van der Waals surface area (Å²) in [6.07, 6.45) is 4.08. The number of pyridine rings is 1. The number of β-amino-alcohol motifs (C(OH)–C–C–N with tert-alkyl or cyclic N) is 4. The van der Waals surface area contributed by atoms with E-state index in [9.17, 15) is 92.3 Å². The molecule has 38 heteroatoms. The number of carbonyl (C=O) groups is 4. The van der Waals surface area contributed by atoms with E-state index in [2.05, 4.69) is 46.9 Å². The minimum Gasteiger partial charge on any atom is -0.389 e. The summed E-state index contributed by atoms with van der Waals surface area (Å²) in [6.45, 7) is 2.34. The highest BCUT2D eigenvalue weighted by Gasteiger charge is 2.50. The van der Waals surface area contributed by atoms with Crippen molar-refractivity contribution in [3.8, 4) is 0 Å². The molecule has 1 unspecified atom stereocenters. The molecule has 2 aromatic heterocycles. The lowest BCUT2D eigenvalue weighted by Crippen LogP contribution is -2.70. The molecule has 4 aliphatic heterocycles. The molecule has 0 aliphatic carbocycles. The van der Waals surface area contributed by atoms with Crippen LogP contribution in [-0.2, 0) is 0 Å². The Kier molecular flexibility index (Phi) is 28.4. The molecule has 4 amide bonds. The summed E-state index contributed by atoms with van der Waals surface area (Å²) in [5, 5.41) is 57.0. The van der Waals surface area contributed by atoms with Crippen molar-refractivity contribution in [1.82, 2.24) is 39.5 Å². The average molecular weight is 2080 g/mol. The molecular formula is C79H68F12I4N14O8. The van der Waals surface area contributed by atoms with Crippen LogP contribution in [0.5, 0.6) is 0 Å². The predicted molar refractivity (Wildman–Crippen MR) is 446 cm³/mol. The number of likely N-dealkylation sites (tertiary alicyclic amines) is 4. The monoisotopic (exact) mass is 2080 g/mol. The van der Waals surface area contributed by atoms with Crippen LogP contribution >= 0.6 is 90.4 Å². The van der Waals surface area contributed by atoms with Crippen molar-refractivity contribution in [2.45, 2.75) is 35.9 Å². The van der Waals surface area contributed by atoms with E-state index in [1.165, 1.54) is 68.1 Å². The Labute approximate surface area is 715 Å². The molecule has 14 rings (SSSR count). The zero-order valence-electron chi connectivity index (χ0n) is 61.4. The molecule has 0 radical (unpaired) electrons. The third-order valence-electron chi connectivity index (χ3n) is 18.9. The van der Waals surface area contributed by atoms with Crippen LogP contribution in [0.2, 0.25) is 0 Å². The number of aliphatic hydroxyl groups is 4. The third-order valence-corrected chi connectivity index (χ3v) is 21.6. The molecule has 1 atom stereocenters. The van der Waals surface area contributed by atoms with Gasteiger partial charge in [-0.2, -0.15) is 0 Å². The van der Waals surface area contributed by atoms with Gasteiger partial charge in [-0.05, 0) is 251 Å². The van der Waals surface area contributed by atoms with E-state index in [0.29, 0.717) is 26.0 Å². The first kappa shape index (κ1) is 88.4. The van der Waals surface area contributed by atoms with Gasteiger partial charge in [-0.15, -0.1) is 0 Å². The second-order valence-electron chi connectivity index (χ2n) is 27.7. The molecule has 614 valence electrons. The molecule has 6 heterocycles. The number of aliphatic hydroxyl groups excluding tert-OH is 1. The number of aromatic nitrogens is 3. The number of hydrogen-bond donors (Lipinski definition) is 10. The van der Waals surface area contributed by atoms with E-state index >= 15 is 0 Å². The molecule has 0 saturated carbocycles. The van der Waals surface area contributed by atoms with E-state index in [0.717, 1.165) is 48.5 Å². The van der Waals surface area contributed by atoms with Crippen molar-refractivity contribution in [3.05, 3.63) is 271 Å². The number of anilines is 10. The fourth-order valence-electron chi connectivity index (χ4n) is 12.3. The second kappa shape index (κ2) is 37.7. The van der Waals surface area contributed by atoms with Crippen LogP contribution in [0, 0.1) is 84.1 Å². The topological polar surface area (TPSA) is 276 Å². The first-order valence-electron chi connectivity index (χ1n) is 35.1. The lowest BCUT2D eigenvalue weighted by Gasteiger charge is -2.51. The molecule has 0 bridgehead atoms. The highest BCUT2D eigenvalue weighted by molar-refractivity contribution is 14.1. The first-order valence-corrected chi connectivity index (χ1v) is 39.4. The second-order valence-corrected chi connectivity index (χ2v) is 32.6. The van der Waals surface area contributed by atoms with Crippen LogP contribution in [-0.4, -0.2) is 192 Å². The highest BCUT2D eigenvalue weighted by atomic mass is 127. The summed E-state index contributed by atoms with van der Waals surface area (Å²) in [5.74, 6) is -13.9. The van der Waals surface area contributed by atoms with E-state index in [-0.39, 0.29) is 116 Å². The lowest BCUT2D eigenvalue weighted by molar-refractivity contribution is -0.120. The van der Waals surface area contributed by atoms with Crippen LogP contribution in [0.3, 0.4) is 0 Å². The molecule has 8 aromatic carbocycles. The number of nitrogens with one attached hydrogen (secondary N) is 6. The van der Waals surface area contributed by atoms with Gasteiger partial charge in [0.25, 0.3) is 23.6 Å². The summed E-state index contributed by atoms with van der Waals surface area (Å²) in [6, 6.07) is 31.5. The van der Waals surface area contributed by atoms with Crippen LogP contribution in [0.25, 0.3) is 0 Å². The molecule has 4 aliphatic rings. The molecule has 117 heavy (non-hydrogen) atoms. The Balaban J connectivity index is 0.000000154. The number of benzene rings is 8. The fraction of sp³-hybridized carbons (Fsp3) is 0.228. The average Bonchev–Trinajstić information content (AvgIpc) is 0.814. The minimum absolute atomic E-state index is 0.0119. The van der Waals surface area contributed by atoms with E-state index < -0.39 is 139 Å². The van der Waals surface area contributed by atoms with Crippen molar-refractivity contribution in [1.29, 1.82) is 0 Å². The fourth-order valence-corrected chi connectivity index (χ4v) is 14.1. The number of nitrogens with zero attached hydrogens (tertiary/aromatic N) is 8. The van der Waals surface area contributed by atoms with E-state index in [4.69, 9.17) is 0 Å². The molecule has 10 N–H and O–H groups in total. The maximum absolute atomic E-state index is 14.6. The van der Waals surface area contributed by atoms with Gasteiger partial charge in [0.2, 0.25) is 5.95 Å². The van der Waals surface area contributed by atoms with Crippen LogP contribution in [0.1, 0.15) is 48.4 Å². The van der Waals surface area contributed by atoms with Gasteiger partial charge >= 0.3 is 0 Å². The van der Waals surface area contributed by atoms with E-state index in [1.807, 2.05) is 116 Å². The van der Waals surface area contributed by atoms with Crippen LogP contribution in [0.15, 0.2) is 164 Å². The predicted octanol–water partition coefficient (Wildman–Crippen LogP) is 14.5. The molecule has 4 saturated heterocycles. The third kappa shape index (κ3) is 21.2. The molecule has 4 fully saturated rings. The maximum atomic E-state index is 14.6. The van der Waals surface area contributed by atoms with Crippen molar-refractivity contribution in [2.24, 2.45) is 0 Å². The summed E-state index contributed by atoms with van der Waals surface area (Å²) in [5.41, 5.74) is -6.27. The first-order chi connectivity index (χ1) is 55.4. The summed E-state index contributed by atoms with van der Waals surface area (Å²) >= 11 is 7.69. The summed E-state index contributed by atoms with van der Waals surface area (Å²) < 4.78 is 172. The van der Waals surface area contributed by atoms with Crippen molar-refractivity contribution < 1.29 is 92.3 Å². The number of amides is 4. The maximum Gasteiger partial charge on any atom is 0.256 e. The van der Waals surface area contributed by atoms with Gasteiger partial charge < -0.3 is 76.8 Å². The largest absolute Gasteiger partial charge is 0.389 e. The molecule has 22 nitrogen and oxygen atoms in total. The van der Waals surface area contributed by atoms with Crippen LogP contribution in [0.4, 0.5) is 110 Å².